The minimum Gasteiger partial charge on any atom is -0.337 e. The third kappa shape index (κ3) is 3.19. The molecular formula is C13H27N3O. The van der Waals surface area contributed by atoms with Gasteiger partial charge in [0.15, 0.2) is 0 Å². The number of nitrogens with zero attached hydrogens (tertiary/aromatic N) is 2. The smallest absolute Gasteiger partial charge is 0.242 e. The molecule has 1 unspecified atom stereocenters. The van der Waals surface area contributed by atoms with Crippen molar-refractivity contribution in [3.05, 3.63) is 0 Å². The third-order valence-corrected chi connectivity index (χ3v) is 4.00. The zero-order valence-corrected chi connectivity index (χ0v) is 11.7. The molecule has 0 aromatic rings. The lowest BCUT2D eigenvalue weighted by Crippen LogP contribution is -2.57. The van der Waals surface area contributed by atoms with Gasteiger partial charge in [-0.3, -0.25) is 4.79 Å². The average Bonchev–Trinajstić information content (AvgIpc) is 2.48. The van der Waals surface area contributed by atoms with Crippen LogP contribution in [0.3, 0.4) is 0 Å². The van der Waals surface area contributed by atoms with Crippen molar-refractivity contribution in [2.24, 2.45) is 5.73 Å². The zero-order valence-electron chi connectivity index (χ0n) is 11.7. The molecular weight excluding hydrogens is 214 g/mol. The Labute approximate surface area is 105 Å². The van der Waals surface area contributed by atoms with Crippen LogP contribution in [0.1, 0.15) is 40.0 Å². The molecule has 4 nitrogen and oxygen atoms in total. The van der Waals surface area contributed by atoms with Gasteiger partial charge in [0.05, 0.1) is 5.54 Å². The van der Waals surface area contributed by atoms with Crippen LogP contribution in [0, 0.1) is 0 Å². The third-order valence-electron chi connectivity index (χ3n) is 4.00. The summed E-state index contributed by atoms with van der Waals surface area (Å²) >= 11 is 0. The summed E-state index contributed by atoms with van der Waals surface area (Å²) in [7, 11) is 2.11. The van der Waals surface area contributed by atoms with Crippen LogP contribution in [0.5, 0.6) is 0 Å². The van der Waals surface area contributed by atoms with E-state index in [1.807, 2.05) is 18.7 Å². The maximum Gasteiger partial charge on any atom is 0.242 e. The van der Waals surface area contributed by atoms with Gasteiger partial charge in [-0.1, -0.05) is 13.8 Å². The predicted octanol–water partition coefficient (Wildman–Crippen LogP) is 1.06. The van der Waals surface area contributed by atoms with Crippen LogP contribution in [0.25, 0.3) is 0 Å². The molecule has 1 rings (SSSR count). The molecule has 1 aliphatic rings. The molecule has 0 bridgehead atoms. The first-order chi connectivity index (χ1) is 7.94. The fourth-order valence-corrected chi connectivity index (χ4v) is 2.51. The summed E-state index contributed by atoms with van der Waals surface area (Å²) in [6.45, 7) is 8.94. The van der Waals surface area contributed by atoms with Crippen molar-refractivity contribution in [1.82, 2.24) is 9.80 Å². The van der Waals surface area contributed by atoms with Crippen LogP contribution < -0.4 is 5.73 Å². The molecule has 0 spiro atoms. The molecule has 1 aliphatic heterocycles. The molecule has 100 valence electrons. The molecule has 1 atom stereocenters. The molecule has 0 aromatic carbocycles. The standard InChI is InChI=1S/C13H27N3O/c1-5-13(14,6-2)12(17)16-9-7-8-15(4)10-11(16)3/h11H,5-10,14H2,1-4H3. The van der Waals surface area contributed by atoms with Gasteiger partial charge in [-0.15, -0.1) is 0 Å². The van der Waals surface area contributed by atoms with Crippen LogP contribution in [-0.4, -0.2) is 54.0 Å². The van der Waals surface area contributed by atoms with Crippen LogP contribution in [-0.2, 0) is 4.79 Å². The summed E-state index contributed by atoms with van der Waals surface area (Å²) in [4.78, 5) is 16.8. The quantitative estimate of drug-likeness (QED) is 0.803. The Balaban J connectivity index is 2.80. The van der Waals surface area contributed by atoms with E-state index >= 15 is 0 Å². The van der Waals surface area contributed by atoms with E-state index in [9.17, 15) is 4.79 Å². The van der Waals surface area contributed by atoms with Gasteiger partial charge < -0.3 is 15.5 Å². The zero-order chi connectivity index (χ0) is 13.1. The van der Waals surface area contributed by atoms with E-state index in [1.54, 1.807) is 0 Å². The Bertz CT molecular complexity index is 263. The largest absolute Gasteiger partial charge is 0.337 e. The number of rotatable bonds is 3. The molecule has 1 saturated heterocycles. The minimum absolute atomic E-state index is 0.130. The fraction of sp³-hybridized carbons (Fsp3) is 0.923. The second-order valence-corrected chi connectivity index (χ2v) is 5.33. The molecule has 0 radical (unpaired) electrons. The molecule has 0 aliphatic carbocycles. The summed E-state index contributed by atoms with van der Waals surface area (Å²) < 4.78 is 0. The van der Waals surface area contributed by atoms with Crippen LogP contribution in [0.15, 0.2) is 0 Å². The van der Waals surface area contributed by atoms with E-state index in [0.29, 0.717) is 12.8 Å². The molecule has 2 N–H and O–H groups in total. The number of likely N-dealkylation sites (N-methyl/N-ethyl adjacent to an activating group) is 1. The van der Waals surface area contributed by atoms with Gasteiger partial charge in [0.1, 0.15) is 0 Å². The van der Waals surface area contributed by atoms with Gasteiger partial charge in [0.2, 0.25) is 5.91 Å². The predicted molar refractivity (Wildman–Crippen MR) is 70.8 cm³/mol. The van der Waals surface area contributed by atoms with Gasteiger partial charge in [0.25, 0.3) is 0 Å². The number of amides is 1. The molecule has 1 amide bonds. The Morgan fingerprint density at radius 2 is 1.94 bits per heavy atom. The lowest BCUT2D eigenvalue weighted by molar-refractivity contribution is -0.139. The van der Waals surface area contributed by atoms with E-state index in [2.05, 4.69) is 18.9 Å². The second kappa shape index (κ2) is 5.83. The Morgan fingerprint density at radius 1 is 1.35 bits per heavy atom. The van der Waals surface area contributed by atoms with E-state index in [4.69, 9.17) is 5.73 Å². The van der Waals surface area contributed by atoms with Crippen LogP contribution >= 0.6 is 0 Å². The first-order valence-corrected chi connectivity index (χ1v) is 6.73. The highest BCUT2D eigenvalue weighted by molar-refractivity contribution is 5.86. The Morgan fingerprint density at radius 3 is 2.47 bits per heavy atom. The second-order valence-electron chi connectivity index (χ2n) is 5.33. The van der Waals surface area contributed by atoms with Crippen molar-refractivity contribution in [2.75, 3.05) is 26.7 Å². The lowest BCUT2D eigenvalue weighted by atomic mass is 9.92. The topological polar surface area (TPSA) is 49.6 Å². The van der Waals surface area contributed by atoms with Crippen molar-refractivity contribution >= 4 is 5.91 Å². The maximum atomic E-state index is 12.5. The van der Waals surface area contributed by atoms with Gasteiger partial charge in [-0.25, -0.2) is 0 Å². The van der Waals surface area contributed by atoms with E-state index < -0.39 is 5.54 Å². The molecule has 0 aromatic heterocycles. The number of carbonyl (C=O) groups excluding carboxylic acids is 1. The number of nitrogens with two attached hydrogens (primary N) is 1. The van der Waals surface area contributed by atoms with Crippen molar-refractivity contribution < 1.29 is 4.79 Å². The summed E-state index contributed by atoms with van der Waals surface area (Å²) in [6, 6.07) is 0.260. The number of hydrogen-bond acceptors (Lipinski definition) is 3. The van der Waals surface area contributed by atoms with Crippen molar-refractivity contribution in [1.29, 1.82) is 0 Å². The number of carbonyl (C=O) groups is 1. The lowest BCUT2D eigenvalue weighted by Gasteiger charge is -2.36. The fourth-order valence-electron chi connectivity index (χ4n) is 2.51. The molecule has 0 saturated carbocycles. The highest BCUT2D eigenvalue weighted by Gasteiger charge is 2.36. The van der Waals surface area contributed by atoms with Gasteiger partial charge in [-0.05, 0) is 39.8 Å². The van der Waals surface area contributed by atoms with Crippen LogP contribution in [0.2, 0.25) is 0 Å². The van der Waals surface area contributed by atoms with Gasteiger partial charge in [0, 0.05) is 19.1 Å². The summed E-state index contributed by atoms with van der Waals surface area (Å²) in [6.07, 6.45) is 2.46. The Hall–Kier alpha value is -0.610. The van der Waals surface area contributed by atoms with E-state index in [1.165, 1.54) is 0 Å². The molecule has 4 heteroatoms. The van der Waals surface area contributed by atoms with E-state index in [0.717, 1.165) is 26.1 Å². The van der Waals surface area contributed by atoms with Crippen molar-refractivity contribution in [2.45, 2.75) is 51.6 Å². The van der Waals surface area contributed by atoms with Crippen LogP contribution in [0.4, 0.5) is 0 Å². The van der Waals surface area contributed by atoms with Gasteiger partial charge in [-0.2, -0.15) is 0 Å². The first-order valence-electron chi connectivity index (χ1n) is 6.73. The summed E-state index contributed by atoms with van der Waals surface area (Å²) in [5, 5.41) is 0. The normalized spacial score (nSPS) is 23.6. The number of hydrogen-bond donors (Lipinski definition) is 1. The monoisotopic (exact) mass is 241 g/mol. The molecule has 17 heavy (non-hydrogen) atoms. The maximum absolute atomic E-state index is 12.5. The highest BCUT2D eigenvalue weighted by atomic mass is 16.2. The summed E-state index contributed by atoms with van der Waals surface area (Å²) in [5.41, 5.74) is 5.54. The Kier molecular flexibility index (Phi) is 4.95. The molecule has 1 heterocycles. The minimum atomic E-state index is -0.669. The summed E-state index contributed by atoms with van der Waals surface area (Å²) in [5.74, 6) is 0.130. The van der Waals surface area contributed by atoms with Crippen molar-refractivity contribution in [3.63, 3.8) is 0 Å². The highest BCUT2D eigenvalue weighted by Crippen LogP contribution is 2.19. The average molecular weight is 241 g/mol. The first kappa shape index (κ1) is 14.5. The van der Waals surface area contributed by atoms with E-state index in [-0.39, 0.29) is 11.9 Å². The van der Waals surface area contributed by atoms with Gasteiger partial charge >= 0.3 is 0 Å². The SMILES string of the molecule is CCC(N)(CC)C(=O)N1CCCN(C)CC1C. The molecule has 1 fully saturated rings. The van der Waals surface area contributed by atoms with Crippen molar-refractivity contribution in [3.8, 4) is 0 Å².